The predicted molar refractivity (Wildman–Crippen MR) is 142 cm³/mol. The number of amides is 2. The van der Waals surface area contributed by atoms with E-state index in [2.05, 4.69) is 20.4 Å². The van der Waals surface area contributed by atoms with Crippen LogP contribution in [-0.2, 0) is 29.7 Å². The van der Waals surface area contributed by atoms with Crippen molar-refractivity contribution in [3.63, 3.8) is 0 Å². The second-order valence-corrected chi connectivity index (χ2v) is 10.7. The molecule has 0 aliphatic rings. The van der Waals surface area contributed by atoms with E-state index in [4.69, 9.17) is 0 Å². The first-order chi connectivity index (χ1) is 19.5. The highest BCUT2D eigenvalue weighted by atomic mass is 32.2. The van der Waals surface area contributed by atoms with Crippen molar-refractivity contribution in [1.82, 2.24) is 14.6 Å². The molecule has 0 aliphatic heterocycles. The summed E-state index contributed by atoms with van der Waals surface area (Å²) >= 11 is 0. The lowest BCUT2D eigenvalue weighted by Crippen LogP contribution is -2.31. The summed E-state index contributed by atoms with van der Waals surface area (Å²) in [5, 5.41) is 5.27. The molecule has 4 aromatic rings. The standard InChI is InChI=1S/C28H24F4N4O4S/c29-23-7-5-21(6-8-23)18-36(19-22-3-1-2-4-26(22)40-28(30,31)32)41(38,39)25-11-9-24(10-12-25)35-27(37)34-17-20-13-15-33-16-14-20/h1-16H,17-19H2,(H2,34,35,37). The first kappa shape index (κ1) is 29.5. The van der Waals surface area contributed by atoms with E-state index in [1.807, 2.05) is 0 Å². The minimum atomic E-state index is -4.98. The molecular weight excluding hydrogens is 564 g/mol. The van der Waals surface area contributed by atoms with Crippen LogP contribution in [0.3, 0.4) is 0 Å². The Morgan fingerprint density at radius 2 is 1.51 bits per heavy atom. The topological polar surface area (TPSA) is 101 Å². The lowest BCUT2D eigenvalue weighted by molar-refractivity contribution is -0.275. The van der Waals surface area contributed by atoms with Crippen molar-refractivity contribution >= 4 is 21.7 Å². The normalized spacial score (nSPS) is 11.7. The fourth-order valence-corrected chi connectivity index (χ4v) is 5.19. The minimum absolute atomic E-state index is 0.0281. The molecule has 0 saturated carbocycles. The van der Waals surface area contributed by atoms with Crippen LogP contribution in [0.2, 0.25) is 0 Å². The van der Waals surface area contributed by atoms with Gasteiger partial charge in [0.1, 0.15) is 11.6 Å². The van der Waals surface area contributed by atoms with E-state index in [1.165, 1.54) is 54.6 Å². The van der Waals surface area contributed by atoms with Gasteiger partial charge in [0, 0.05) is 43.3 Å². The van der Waals surface area contributed by atoms with Crippen molar-refractivity contribution in [1.29, 1.82) is 0 Å². The third kappa shape index (κ3) is 8.50. The van der Waals surface area contributed by atoms with Gasteiger partial charge in [-0.3, -0.25) is 4.98 Å². The number of aromatic nitrogens is 1. The quantitative estimate of drug-likeness (QED) is 0.227. The van der Waals surface area contributed by atoms with Gasteiger partial charge in [-0.25, -0.2) is 17.6 Å². The van der Waals surface area contributed by atoms with Gasteiger partial charge >= 0.3 is 12.4 Å². The highest BCUT2D eigenvalue weighted by molar-refractivity contribution is 7.89. The molecule has 0 radical (unpaired) electrons. The molecule has 41 heavy (non-hydrogen) atoms. The summed E-state index contributed by atoms with van der Waals surface area (Å²) in [6.07, 6.45) is -1.80. The molecule has 214 valence electrons. The van der Waals surface area contributed by atoms with E-state index in [1.54, 1.807) is 24.5 Å². The van der Waals surface area contributed by atoms with Crippen molar-refractivity contribution in [2.45, 2.75) is 30.9 Å². The van der Waals surface area contributed by atoms with Gasteiger partial charge in [-0.1, -0.05) is 30.3 Å². The zero-order valence-corrected chi connectivity index (χ0v) is 22.1. The highest BCUT2D eigenvalue weighted by Crippen LogP contribution is 2.30. The first-order valence-corrected chi connectivity index (χ1v) is 13.6. The van der Waals surface area contributed by atoms with E-state index in [9.17, 15) is 30.8 Å². The van der Waals surface area contributed by atoms with Crippen LogP contribution in [0.4, 0.5) is 28.0 Å². The Hall–Kier alpha value is -4.49. The number of nitrogens with one attached hydrogen (secondary N) is 2. The van der Waals surface area contributed by atoms with Crippen LogP contribution >= 0.6 is 0 Å². The van der Waals surface area contributed by atoms with Gasteiger partial charge < -0.3 is 15.4 Å². The number of sulfonamides is 1. The molecular formula is C28H24F4N4O4S. The SMILES string of the molecule is O=C(NCc1ccncc1)Nc1ccc(S(=O)(=O)N(Cc2ccc(F)cc2)Cc2ccccc2OC(F)(F)F)cc1. The molecule has 2 amide bonds. The number of nitrogens with zero attached hydrogens (tertiary/aromatic N) is 2. The molecule has 13 heteroatoms. The fourth-order valence-electron chi connectivity index (χ4n) is 3.79. The molecule has 0 fully saturated rings. The number of carbonyl (C=O) groups excluding carboxylic acids is 1. The summed E-state index contributed by atoms with van der Waals surface area (Å²) in [7, 11) is -4.29. The second-order valence-electron chi connectivity index (χ2n) is 8.74. The van der Waals surface area contributed by atoms with Crippen LogP contribution in [-0.4, -0.2) is 30.1 Å². The average Bonchev–Trinajstić information content (AvgIpc) is 2.94. The zero-order chi connectivity index (χ0) is 29.5. The first-order valence-electron chi connectivity index (χ1n) is 12.1. The van der Waals surface area contributed by atoms with Gasteiger partial charge in [-0.2, -0.15) is 4.31 Å². The lowest BCUT2D eigenvalue weighted by Gasteiger charge is -2.24. The third-order valence-electron chi connectivity index (χ3n) is 5.77. The number of anilines is 1. The van der Waals surface area contributed by atoms with Crippen molar-refractivity contribution in [3.05, 3.63) is 120 Å². The van der Waals surface area contributed by atoms with E-state index in [-0.39, 0.29) is 23.5 Å². The fraction of sp³-hybridized carbons (Fsp3) is 0.143. The van der Waals surface area contributed by atoms with Gasteiger partial charge in [-0.15, -0.1) is 13.2 Å². The smallest absolute Gasteiger partial charge is 0.405 e. The van der Waals surface area contributed by atoms with Crippen LogP contribution in [0, 0.1) is 5.82 Å². The van der Waals surface area contributed by atoms with Crippen LogP contribution in [0.5, 0.6) is 5.75 Å². The van der Waals surface area contributed by atoms with Gasteiger partial charge in [-0.05, 0) is 65.7 Å². The monoisotopic (exact) mass is 588 g/mol. The number of para-hydroxylation sites is 1. The van der Waals surface area contributed by atoms with Crippen molar-refractivity contribution in [3.8, 4) is 5.75 Å². The van der Waals surface area contributed by atoms with Crippen LogP contribution in [0.25, 0.3) is 0 Å². The molecule has 0 aliphatic carbocycles. The summed E-state index contributed by atoms with van der Waals surface area (Å²) in [5.41, 5.74) is 1.53. The molecule has 1 aromatic heterocycles. The van der Waals surface area contributed by atoms with E-state index < -0.39 is 40.5 Å². The Kier molecular flexibility index (Phi) is 9.20. The van der Waals surface area contributed by atoms with Gasteiger partial charge in [0.15, 0.2) is 0 Å². The Bertz CT molecular complexity index is 1570. The van der Waals surface area contributed by atoms with Crippen molar-refractivity contribution in [2.75, 3.05) is 5.32 Å². The highest BCUT2D eigenvalue weighted by Gasteiger charge is 2.33. The zero-order valence-electron chi connectivity index (χ0n) is 21.3. The molecule has 8 nitrogen and oxygen atoms in total. The van der Waals surface area contributed by atoms with E-state index in [0.29, 0.717) is 11.3 Å². The largest absolute Gasteiger partial charge is 0.573 e. The Morgan fingerprint density at radius 1 is 0.854 bits per heavy atom. The van der Waals surface area contributed by atoms with E-state index >= 15 is 0 Å². The van der Waals surface area contributed by atoms with Crippen LogP contribution in [0.15, 0.2) is 102 Å². The molecule has 0 unspecified atom stereocenters. The van der Waals surface area contributed by atoms with Crippen LogP contribution in [0.1, 0.15) is 16.7 Å². The number of benzene rings is 3. The number of pyridine rings is 1. The number of hydrogen-bond donors (Lipinski definition) is 2. The molecule has 0 atom stereocenters. The van der Waals surface area contributed by atoms with Gasteiger partial charge in [0.2, 0.25) is 10.0 Å². The van der Waals surface area contributed by atoms with E-state index in [0.717, 1.165) is 28.1 Å². The number of alkyl halides is 3. The van der Waals surface area contributed by atoms with Crippen molar-refractivity contribution < 1.29 is 35.5 Å². The number of rotatable bonds is 10. The number of carbonyl (C=O) groups is 1. The summed E-state index contributed by atoms with van der Waals surface area (Å²) in [5.74, 6) is -1.07. The molecule has 3 aromatic carbocycles. The number of halogens is 4. The summed E-state index contributed by atoms with van der Waals surface area (Å²) in [6.45, 7) is -0.484. The minimum Gasteiger partial charge on any atom is -0.405 e. The predicted octanol–water partition coefficient (Wildman–Crippen LogP) is 5.83. The summed E-state index contributed by atoms with van der Waals surface area (Å²) in [6, 6.07) is 18.6. The van der Waals surface area contributed by atoms with Gasteiger partial charge in [0.05, 0.1) is 4.90 Å². The summed E-state index contributed by atoms with van der Waals surface area (Å²) in [4.78, 5) is 16.0. The Labute approximate surface area is 233 Å². The van der Waals surface area contributed by atoms with Crippen molar-refractivity contribution in [2.24, 2.45) is 0 Å². The number of hydrogen-bond acceptors (Lipinski definition) is 5. The third-order valence-corrected chi connectivity index (χ3v) is 7.58. The number of ether oxygens (including phenoxy) is 1. The molecule has 4 rings (SSSR count). The molecule has 2 N–H and O–H groups in total. The Balaban J connectivity index is 1.55. The van der Waals surface area contributed by atoms with Crippen LogP contribution < -0.4 is 15.4 Å². The molecule has 1 heterocycles. The maximum atomic E-state index is 13.7. The molecule has 0 saturated heterocycles. The molecule has 0 spiro atoms. The molecule has 0 bridgehead atoms. The maximum Gasteiger partial charge on any atom is 0.573 e. The van der Waals surface area contributed by atoms with Gasteiger partial charge in [0.25, 0.3) is 0 Å². The summed E-state index contributed by atoms with van der Waals surface area (Å²) < 4.78 is 84.8. The lowest BCUT2D eigenvalue weighted by atomic mass is 10.2. The maximum absolute atomic E-state index is 13.7. The average molecular weight is 589 g/mol. The Morgan fingerprint density at radius 3 is 2.17 bits per heavy atom. The number of urea groups is 1. The second kappa shape index (κ2) is 12.8.